The van der Waals surface area contributed by atoms with Crippen LogP contribution in [0.1, 0.15) is 28.9 Å². The van der Waals surface area contributed by atoms with Crippen LogP contribution in [0.15, 0.2) is 74.3 Å². The molecule has 0 spiro atoms. The molecule has 2 aromatic carbocycles. The molecule has 1 aliphatic heterocycles. The van der Waals surface area contributed by atoms with Crippen molar-refractivity contribution in [1.29, 1.82) is 0 Å². The normalized spacial score (nSPS) is 13.3. The lowest BCUT2D eigenvalue weighted by molar-refractivity contribution is 0.0600. The van der Waals surface area contributed by atoms with E-state index in [0.29, 0.717) is 51.4 Å². The SMILES string of the molecule is COC(=O)c1ccc(OCc2nc(-c3ccc(F)cc3)oc2SC2=NC=C(Cl)CC2)cc1. The number of allylic oxidation sites excluding steroid dienone is 1. The highest BCUT2D eigenvalue weighted by molar-refractivity contribution is 8.13. The number of hydrogen-bond donors (Lipinski definition) is 0. The smallest absolute Gasteiger partial charge is 0.337 e. The first-order chi connectivity index (χ1) is 15.5. The van der Waals surface area contributed by atoms with E-state index in [-0.39, 0.29) is 12.4 Å². The van der Waals surface area contributed by atoms with E-state index < -0.39 is 5.97 Å². The fourth-order valence-corrected chi connectivity index (χ4v) is 3.87. The van der Waals surface area contributed by atoms with Gasteiger partial charge in [-0.1, -0.05) is 11.6 Å². The van der Waals surface area contributed by atoms with Crippen LogP contribution in [0, 0.1) is 5.82 Å². The van der Waals surface area contributed by atoms with Gasteiger partial charge in [0.25, 0.3) is 0 Å². The van der Waals surface area contributed by atoms with Gasteiger partial charge in [0, 0.05) is 23.2 Å². The van der Waals surface area contributed by atoms with Gasteiger partial charge in [-0.25, -0.2) is 14.2 Å². The van der Waals surface area contributed by atoms with Gasteiger partial charge in [0.15, 0.2) is 5.09 Å². The Morgan fingerprint density at radius 2 is 1.91 bits per heavy atom. The summed E-state index contributed by atoms with van der Waals surface area (Å²) in [7, 11) is 1.33. The zero-order valence-corrected chi connectivity index (χ0v) is 18.6. The molecule has 0 saturated heterocycles. The topological polar surface area (TPSA) is 73.9 Å². The molecule has 2 heterocycles. The average Bonchev–Trinajstić information content (AvgIpc) is 3.22. The Hall–Kier alpha value is -3.10. The van der Waals surface area contributed by atoms with Crippen LogP contribution in [-0.2, 0) is 11.3 Å². The van der Waals surface area contributed by atoms with Crippen LogP contribution < -0.4 is 4.74 Å². The zero-order valence-electron chi connectivity index (χ0n) is 17.0. The minimum absolute atomic E-state index is 0.133. The summed E-state index contributed by atoms with van der Waals surface area (Å²) >= 11 is 7.36. The first-order valence-electron chi connectivity index (χ1n) is 9.67. The van der Waals surface area contributed by atoms with Gasteiger partial charge in [0.05, 0.1) is 17.7 Å². The van der Waals surface area contributed by atoms with E-state index in [9.17, 15) is 9.18 Å². The molecule has 3 aromatic rings. The number of carbonyl (C=O) groups is 1. The molecule has 1 aliphatic rings. The summed E-state index contributed by atoms with van der Waals surface area (Å²) in [5.41, 5.74) is 1.66. The third-order valence-corrected chi connectivity index (χ3v) is 5.88. The molecule has 0 amide bonds. The number of esters is 1. The molecule has 0 unspecified atom stereocenters. The molecule has 0 fully saturated rings. The van der Waals surface area contributed by atoms with Gasteiger partial charge >= 0.3 is 5.97 Å². The highest BCUT2D eigenvalue weighted by Gasteiger charge is 2.19. The van der Waals surface area contributed by atoms with Gasteiger partial charge in [-0.15, -0.1) is 0 Å². The van der Waals surface area contributed by atoms with Gasteiger partial charge in [0.2, 0.25) is 5.89 Å². The van der Waals surface area contributed by atoms with Crippen molar-refractivity contribution in [2.45, 2.75) is 24.5 Å². The lowest BCUT2D eigenvalue weighted by atomic mass is 10.2. The first-order valence-corrected chi connectivity index (χ1v) is 10.9. The van der Waals surface area contributed by atoms with E-state index in [4.69, 9.17) is 25.5 Å². The minimum Gasteiger partial charge on any atom is -0.487 e. The molecule has 4 rings (SSSR count). The maximum Gasteiger partial charge on any atom is 0.337 e. The molecule has 0 aliphatic carbocycles. The predicted molar refractivity (Wildman–Crippen MR) is 120 cm³/mol. The molecule has 0 saturated carbocycles. The molecule has 164 valence electrons. The summed E-state index contributed by atoms with van der Waals surface area (Å²) in [6.45, 7) is 0.133. The third kappa shape index (κ3) is 5.38. The standard InChI is InChI=1S/C23H18ClFN2O4S/c1-29-22(28)15-4-9-18(10-5-15)30-13-19-23(32-20-11-6-16(24)12-26-20)31-21(27-19)14-2-7-17(25)8-3-14/h2-5,7-10,12H,6,11,13H2,1H3. The highest BCUT2D eigenvalue weighted by atomic mass is 35.5. The summed E-state index contributed by atoms with van der Waals surface area (Å²) in [4.78, 5) is 20.5. The number of nitrogens with zero attached hydrogens (tertiary/aromatic N) is 2. The molecule has 0 radical (unpaired) electrons. The molecule has 1 aromatic heterocycles. The monoisotopic (exact) mass is 472 g/mol. The maximum absolute atomic E-state index is 13.3. The molecule has 6 nitrogen and oxygen atoms in total. The molecule has 32 heavy (non-hydrogen) atoms. The lowest BCUT2D eigenvalue weighted by Crippen LogP contribution is -2.02. The molecule has 0 N–H and O–H groups in total. The van der Waals surface area contributed by atoms with Gasteiger partial charge in [0.1, 0.15) is 23.9 Å². The van der Waals surface area contributed by atoms with Crippen molar-refractivity contribution in [3.8, 4) is 17.2 Å². The van der Waals surface area contributed by atoms with Crippen molar-refractivity contribution >= 4 is 34.4 Å². The zero-order chi connectivity index (χ0) is 22.5. The number of halogens is 2. The Kier molecular flexibility index (Phi) is 6.92. The van der Waals surface area contributed by atoms with Crippen LogP contribution in [0.4, 0.5) is 4.39 Å². The van der Waals surface area contributed by atoms with Gasteiger partial charge in [-0.05, 0) is 66.7 Å². The summed E-state index contributed by atoms with van der Waals surface area (Å²) in [5, 5.41) is 2.10. The Bertz CT molecular complexity index is 1170. The summed E-state index contributed by atoms with van der Waals surface area (Å²) < 4.78 is 29.8. The Morgan fingerprint density at radius 1 is 1.16 bits per heavy atom. The number of aromatic nitrogens is 1. The van der Waals surface area contributed by atoms with Crippen molar-refractivity contribution in [1.82, 2.24) is 4.98 Å². The second-order valence-electron chi connectivity index (χ2n) is 6.77. The Morgan fingerprint density at radius 3 is 2.56 bits per heavy atom. The average molecular weight is 473 g/mol. The maximum atomic E-state index is 13.3. The Labute approximate surface area is 193 Å². The van der Waals surface area contributed by atoms with Crippen LogP contribution in [-0.4, -0.2) is 23.1 Å². The Balaban J connectivity index is 1.56. The molecular weight excluding hydrogens is 455 g/mol. The number of ether oxygens (including phenoxy) is 2. The second kappa shape index (κ2) is 10.0. The van der Waals surface area contributed by atoms with Gasteiger partial charge in [-0.2, -0.15) is 0 Å². The molecule has 0 bridgehead atoms. The number of methoxy groups -OCH3 is 1. The summed E-state index contributed by atoms with van der Waals surface area (Å²) in [5.74, 6) is 0.161. The third-order valence-electron chi connectivity index (χ3n) is 4.54. The minimum atomic E-state index is -0.418. The van der Waals surface area contributed by atoms with Crippen LogP contribution in [0.2, 0.25) is 0 Å². The largest absolute Gasteiger partial charge is 0.487 e. The molecular formula is C23H18ClFN2O4S. The number of benzene rings is 2. The van der Waals surface area contributed by atoms with Crippen molar-refractivity contribution in [2.75, 3.05) is 7.11 Å². The van der Waals surface area contributed by atoms with E-state index in [2.05, 4.69) is 9.98 Å². The van der Waals surface area contributed by atoms with Gasteiger partial charge < -0.3 is 13.9 Å². The quantitative estimate of drug-likeness (QED) is 0.397. The van der Waals surface area contributed by atoms with Crippen molar-refractivity contribution in [3.63, 3.8) is 0 Å². The van der Waals surface area contributed by atoms with E-state index in [0.717, 1.165) is 5.04 Å². The lowest BCUT2D eigenvalue weighted by Gasteiger charge is -2.09. The fourth-order valence-electron chi connectivity index (χ4n) is 2.86. The number of hydrogen-bond acceptors (Lipinski definition) is 7. The van der Waals surface area contributed by atoms with E-state index >= 15 is 0 Å². The summed E-state index contributed by atoms with van der Waals surface area (Å²) in [6, 6.07) is 12.5. The predicted octanol–water partition coefficient (Wildman–Crippen LogP) is 6.21. The van der Waals surface area contributed by atoms with Gasteiger partial charge in [-0.3, -0.25) is 4.99 Å². The number of thioether (sulfide) groups is 1. The first kappa shape index (κ1) is 22.1. The number of carbonyl (C=O) groups excluding carboxylic acids is 1. The number of oxazole rings is 1. The van der Waals surface area contributed by atoms with E-state index in [1.54, 1.807) is 42.6 Å². The van der Waals surface area contributed by atoms with E-state index in [1.165, 1.54) is 31.0 Å². The second-order valence-corrected chi connectivity index (χ2v) is 8.30. The fraction of sp³-hybridized carbons (Fsp3) is 0.174. The van der Waals surface area contributed by atoms with Crippen LogP contribution >= 0.6 is 23.4 Å². The summed E-state index contributed by atoms with van der Waals surface area (Å²) in [6.07, 6.45) is 3.04. The van der Waals surface area contributed by atoms with E-state index in [1.807, 2.05) is 0 Å². The number of rotatable bonds is 6. The van der Waals surface area contributed by atoms with Crippen molar-refractivity contribution in [2.24, 2.45) is 4.99 Å². The van der Waals surface area contributed by atoms with Crippen molar-refractivity contribution in [3.05, 3.63) is 76.8 Å². The highest BCUT2D eigenvalue weighted by Crippen LogP contribution is 2.34. The van der Waals surface area contributed by atoms with Crippen LogP contribution in [0.5, 0.6) is 5.75 Å². The van der Waals surface area contributed by atoms with Crippen LogP contribution in [0.3, 0.4) is 0 Å². The molecule has 9 heteroatoms. The number of aliphatic imine (C=N–C) groups is 1. The molecule has 0 atom stereocenters. The van der Waals surface area contributed by atoms with Crippen molar-refractivity contribution < 1.29 is 23.1 Å². The van der Waals surface area contributed by atoms with Crippen LogP contribution in [0.25, 0.3) is 11.5 Å².